The first-order valence-corrected chi connectivity index (χ1v) is 6.92. The van der Waals surface area contributed by atoms with Crippen LogP contribution in [0.15, 0.2) is 17.4 Å². The Bertz CT molecular complexity index is 429. The van der Waals surface area contributed by atoms with Crippen molar-refractivity contribution in [2.24, 2.45) is 0 Å². The third kappa shape index (κ3) is 2.91. The highest BCUT2D eigenvalue weighted by Gasteiger charge is 2.26. The molecule has 1 atom stereocenters. The topological polar surface area (TPSA) is 67.4 Å². The molecule has 1 aliphatic heterocycles. The quantitative estimate of drug-likeness (QED) is 0.622. The van der Waals surface area contributed by atoms with Crippen LogP contribution in [0.3, 0.4) is 0 Å². The molecule has 1 aromatic rings. The van der Waals surface area contributed by atoms with Gasteiger partial charge in [0.1, 0.15) is 5.82 Å². The molecule has 0 saturated carbocycles. The number of hydrogen-bond donors (Lipinski definition) is 1. The first-order valence-electron chi connectivity index (χ1n) is 5.69. The molecule has 1 fully saturated rings. The lowest BCUT2D eigenvalue weighted by molar-refractivity contribution is -0.132. The Morgan fingerprint density at radius 3 is 3.22 bits per heavy atom. The number of amides is 1. The van der Waals surface area contributed by atoms with Crippen LogP contribution in [0, 0.1) is 0 Å². The van der Waals surface area contributed by atoms with Crippen molar-refractivity contribution in [2.75, 3.05) is 37.9 Å². The van der Waals surface area contributed by atoms with Gasteiger partial charge in [0.05, 0.1) is 13.2 Å². The molecular weight excluding hydrogens is 252 g/mol. The van der Waals surface area contributed by atoms with E-state index in [4.69, 9.17) is 4.74 Å². The van der Waals surface area contributed by atoms with Crippen LogP contribution in [0.4, 0.5) is 5.82 Å². The maximum Gasteiger partial charge on any atom is 0.250 e. The molecule has 98 valence electrons. The predicted octanol–water partition coefficient (Wildman–Crippen LogP) is 0.150. The number of ether oxygens (including phenoxy) is 1. The van der Waals surface area contributed by atoms with Crippen LogP contribution in [0.5, 0.6) is 0 Å². The Morgan fingerprint density at radius 1 is 1.67 bits per heavy atom. The lowest BCUT2D eigenvalue weighted by Gasteiger charge is -2.32. The molecular formula is C11H16N4O2S. The molecule has 0 spiro atoms. The third-order valence-corrected chi connectivity index (χ3v) is 3.29. The summed E-state index contributed by atoms with van der Waals surface area (Å²) in [6.45, 7) is 1.78. The van der Waals surface area contributed by atoms with E-state index in [2.05, 4.69) is 15.3 Å². The molecule has 1 aliphatic rings. The standard InChI is InChI=1S/C11H16N4O2S/c1-12-10(16)8-7-15(5-6-17-8)9-3-4-13-11(14-9)18-2/h3-4,8H,5-7H2,1-2H3,(H,12,16). The summed E-state index contributed by atoms with van der Waals surface area (Å²) in [7, 11) is 1.61. The first kappa shape index (κ1) is 13.1. The van der Waals surface area contributed by atoms with Crippen molar-refractivity contribution in [3.8, 4) is 0 Å². The van der Waals surface area contributed by atoms with Crippen LogP contribution in [-0.2, 0) is 9.53 Å². The van der Waals surface area contributed by atoms with Gasteiger partial charge >= 0.3 is 0 Å². The minimum absolute atomic E-state index is 0.0983. The van der Waals surface area contributed by atoms with E-state index < -0.39 is 6.10 Å². The minimum Gasteiger partial charge on any atom is -0.365 e. The molecule has 2 rings (SSSR count). The molecule has 1 N–H and O–H groups in total. The number of carbonyl (C=O) groups excluding carboxylic acids is 1. The van der Waals surface area contributed by atoms with Gasteiger partial charge in [0.25, 0.3) is 5.91 Å². The lowest BCUT2D eigenvalue weighted by atomic mass is 10.2. The Labute approximate surface area is 110 Å². The Balaban J connectivity index is 2.10. The Hall–Kier alpha value is -1.34. The van der Waals surface area contributed by atoms with Gasteiger partial charge in [-0.25, -0.2) is 9.97 Å². The van der Waals surface area contributed by atoms with Gasteiger partial charge in [-0.3, -0.25) is 4.79 Å². The van der Waals surface area contributed by atoms with Crippen molar-refractivity contribution in [1.82, 2.24) is 15.3 Å². The highest BCUT2D eigenvalue weighted by molar-refractivity contribution is 7.98. The fraction of sp³-hybridized carbons (Fsp3) is 0.545. The summed E-state index contributed by atoms with van der Waals surface area (Å²) in [6.07, 6.45) is 3.24. The lowest BCUT2D eigenvalue weighted by Crippen LogP contribution is -2.49. The largest absolute Gasteiger partial charge is 0.365 e. The second-order valence-electron chi connectivity index (χ2n) is 3.82. The normalized spacial score (nSPS) is 19.7. The summed E-state index contributed by atoms with van der Waals surface area (Å²) in [5, 5.41) is 3.33. The maximum absolute atomic E-state index is 11.6. The molecule has 1 aromatic heterocycles. The number of rotatable bonds is 3. The highest BCUT2D eigenvalue weighted by Crippen LogP contribution is 2.17. The van der Waals surface area contributed by atoms with Crippen molar-refractivity contribution in [3.63, 3.8) is 0 Å². The van der Waals surface area contributed by atoms with Gasteiger partial charge in [-0.15, -0.1) is 0 Å². The molecule has 0 aliphatic carbocycles. The summed E-state index contributed by atoms with van der Waals surface area (Å²) in [5.74, 6) is 0.741. The zero-order valence-corrected chi connectivity index (χ0v) is 11.2. The molecule has 0 bridgehead atoms. The van der Waals surface area contributed by atoms with E-state index in [0.29, 0.717) is 13.2 Å². The first-order chi connectivity index (χ1) is 8.74. The number of likely N-dealkylation sites (N-methyl/N-ethyl adjacent to an activating group) is 1. The zero-order valence-electron chi connectivity index (χ0n) is 10.4. The van der Waals surface area contributed by atoms with Gasteiger partial charge in [0.2, 0.25) is 0 Å². The van der Waals surface area contributed by atoms with E-state index in [9.17, 15) is 4.79 Å². The van der Waals surface area contributed by atoms with Crippen molar-refractivity contribution >= 4 is 23.5 Å². The smallest absolute Gasteiger partial charge is 0.250 e. The van der Waals surface area contributed by atoms with Crippen LogP contribution in [0.1, 0.15) is 0 Å². The van der Waals surface area contributed by atoms with Crippen LogP contribution >= 0.6 is 11.8 Å². The number of nitrogens with one attached hydrogen (secondary N) is 1. The van der Waals surface area contributed by atoms with Gasteiger partial charge in [-0.1, -0.05) is 11.8 Å². The van der Waals surface area contributed by atoms with Gasteiger partial charge in [0, 0.05) is 19.8 Å². The van der Waals surface area contributed by atoms with E-state index in [1.807, 2.05) is 17.2 Å². The van der Waals surface area contributed by atoms with Crippen molar-refractivity contribution in [3.05, 3.63) is 12.3 Å². The number of thioether (sulfide) groups is 1. The van der Waals surface area contributed by atoms with Gasteiger partial charge in [-0.05, 0) is 12.3 Å². The number of aromatic nitrogens is 2. The second kappa shape index (κ2) is 6.01. The molecule has 0 radical (unpaired) electrons. The van der Waals surface area contributed by atoms with Gasteiger partial charge in [0.15, 0.2) is 11.3 Å². The number of morpholine rings is 1. The fourth-order valence-electron chi connectivity index (χ4n) is 1.78. The van der Waals surface area contributed by atoms with Crippen molar-refractivity contribution < 1.29 is 9.53 Å². The average molecular weight is 268 g/mol. The number of nitrogens with zero attached hydrogens (tertiary/aromatic N) is 3. The van der Waals surface area contributed by atoms with E-state index >= 15 is 0 Å². The fourth-order valence-corrected chi connectivity index (χ4v) is 2.13. The van der Waals surface area contributed by atoms with Crippen LogP contribution in [-0.4, -0.2) is 55.0 Å². The van der Waals surface area contributed by atoms with Crippen molar-refractivity contribution in [2.45, 2.75) is 11.3 Å². The minimum atomic E-state index is -0.434. The molecule has 1 saturated heterocycles. The number of anilines is 1. The molecule has 2 heterocycles. The highest BCUT2D eigenvalue weighted by atomic mass is 32.2. The van der Waals surface area contributed by atoms with Crippen molar-refractivity contribution in [1.29, 1.82) is 0 Å². The van der Waals surface area contributed by atoms with Gasteiger partial charge < -0.3 is 15.0 Å². The molecule has 6 nitrogen and oxygen atoms in total. The summed E-state index contributed by atoms with van der Waals surface area (Å²) in [6, 6.07) is 1.85. The summed E-state index contributed by atoms with van der Waals surface area (Å²) >= 11 is 1.50. The number of carbonyl (C=O) groups is 1. The Morgan fingerprint density at radius 2 is 2.50 bits per heavy atom. The van der Waals surface area contributed by atoms with Crippen LogP contribution in [0.2, 0.25) is 0 Å². The van der Waals surface area contributed by atoms with Gasteiger partial charge in [-0.2, -0.15) is 0 Å². The molecule has 1 unspecified atom stereocenters. The predicted molar refractivity (Wildman–Crippen MR) is 69.8 cm³/mol. The molecule has 0 aromatic carbocycles. The number of hydrogen-bond acceptors (Lipinski definition) is 6. The van der Waals surface area contributed by atoms with E-state index in [0.717, 1.165) is 17.5 Å². The van der Waals surface area contributed by atoms with Crippen LogP contribution in [0.25, 0.3) is 0 Å². The summed E-state index contributed by atoms with van der Waals surface area (Å²) in [5.41, 5.74) is 0. The molecule has 7 heteroatoms. The van der Waals surface area contributed by atoms with E-state index in [1.54, 1.807) is 13.2 Å². The van der Waals surface area contributed by atoms with Crippen LogP contribution < -0.4 is 10.2 Å². The zero-order chi connectivity index (χ0) is 13.0. The second-order valence-corrected chi connectivity index (χ2v) is 4.59. The monoisotopic (exact) mass is 268 g/mol. The summed E-state index contributed by atoms with van der Waals surface area (Å²) in [4.78, 5) is 22.2. The summed E-state index contributed by atoms with van der Waals surface area (Å²) < 4.78 is 5.44. The molecule has 18 heavy (non-hydrogen) atoms. The average Bonchev–Trinajstić information content (AvgIpc) is 2.46. The Kier molecular flexibility index (Phi) is 4.38. The third-order valence-electron chi connectivity index (χ3n) is 2.73. The maximum atomic E-state index is 11.6. The van der Waals surface area contributed by atoms with E-state index in [-0.39, 0.29) is 5.91 Å². The van der Waals surface area contributed by atoms with E-state index in [1.165, 1.54) is 11.8 Å². The SMILES string of the molecule is CNC(=O)C1CN(c2ccnc(SC)n2)CCO1. The molecule has 1 amide bonds.